The van der Waals surface area contributed by atoms with E-state index in [1.165, 1.54) is 0 Å². The third-order valence-corrected chi connectivity index (χ3v) is 4.67. The fourth-order valence-corrected chi connectivity index (χ4v) is 2.81. The topological polar surface area (TPSA) is 119 Å². The third kappa shape index (κ3) is 7.22. The van der Waals surface area contributed by atoms with Gasteiger partial charge in [-0.1, -0.05) is 18.2 Å². The monoisotopic (exact) mass is 382 g/mol. The van der Waals surface area contributed by atoms with Gasteiger partial charge in [0, 0.05) is 17.9 Å². The number of benzene rings is 1. The zero-order valence-electron chi connectivity index (χ0n) is 14.4. The summed E-state index contributed by atoms with van der Waals surface area (Å²) in [7, 11) is -3.33. The highest BCUT2D eigenvalue weighted by atomic mass is 32.2. The van der Waals surface area contributed by atoms with Crippen molar-refractivity contribution in [1.29, 1.82) is 0 Å². The molecule has 2 amide bonds. The molecular weight excluding hydrogens is 360 g/mol. The van der Waals surface area contributed by atoms with Crippen LogP contribution in [-0.4, -0.2) is 56.9 Å². The van der Waals surface area contributed by atoms with E-state index in [-0.39, 0.29) is 18.2 Å². The molecule has 26 heavy (non-hydrogen) atoms. The van der Waals surface area contributed by atoms with E-state index < -0.39 is 40.3 Å². The highest BCUT2D eigenvalue weighted by Crippen LogP contribution is 2.18. The molecule has 0 spiro atoms. The van der Waals surface area contributed by atoms with Crippen LogP contribution in [0.5, 0.6) is 0 Å². The zero-order chi connectivity index (χ0) is 19.2. The van der Waals surface area contributed by atoms with Crippen molar-refractivity contribution < 1.29 is 27.5 Å². The van der Waals surface area contributed by atoms with Crippen LogP contribution in [0.3, 0.4) is 0 Å². The minimum absolute atomic E-state index is 0.138. The second-order valence-corrected chi connectivity index (χ2v) is 8.52. The minimum atomic E-state index is -3.33. The molecule has 0 radical (unpaired) electrons. The van der Waals surface area contributed by atoms with Crippen LogP contribution in [0.15, 0.2) is 30.3 Å². The van der Waals surface area contributed by atoms with Gasteiger partial charge in [0.05, 0.1) is 5.75 Å². The van der Waals surface area contributed by atoms with Crippen LogP contribution in [-0.2, 0) is 24.2 Å². The normalized spacial score (nSPS) is 15.0. The molecule has 1 saturated carbocycles. The van der Waals surface area contributed by atoms with Gasteiger partial charge in [-0.2, -0.15) is 0 Å². The molecule has 0 bridgehead atoms. The average Bonchev–Trinajstić information content (AvgIpc) is 3.40. The SMILES string of the molecule is CS(=O)(=O)CC[C@H](NC(=O)c1ccccc1)C(=O)OCC(=O)NC1CC1. The van der Waals surface area contributed by atoms with E-state index in [1.807, 2.05) is 0 Å². The highest BCUT2D eigenvalue weighted by Gasteiger charge is 2.27. The van der Waals surface area contributed by atoms with Gasteiger partial charge < -0.3 is 15.4 Å². The molecular formula is C17H22N2O6S. The van der Waals surface area contributed by atoms with Crippen molar-refractivity contribution in [3.05, 3.63) is 35.9 Å². The van der Waals surface area contributed by atoms with E-state index in [1.54, 1.807) is 30.3 Å². The summed E-state index contributed by atoms with van der Waals surface area (Å²) in [6, 6.07) is 7.19. The first kappa shape index (κ1) is 19.9. The Labute approximate surface area is 152 Å². The predicted molar refractivity (Wildman–Crippen MR) is 94.1 cm³/mol. The van der Waals surface area contributed by atoms with E-state index in [2.05, 4.69) is 10.6 Å². The Morgan fingerprint density at radius 3 is 2.42 bits per heavy atom. The van der Waals surface area contributed by atoms with Crippen LogP contribution >= 0.6 is 0 Å². The maximum Gasteiger partial charge on any atom is 0.329 e. The Hall–Kier alpha value is -2.42. The van der Waals surface area contributed by atoms with Crippen LogP contribution in [0.4, 0.5) is 0 Å². The first-order valence-corrected chi connectivity index (χ1v) is 10.3. The summed E-state index contributed by atoms with van der Waals surface area (Å²) in [6.45, 7) is -0.466. The Balaban J connectivity index is 1.95. The lowest BCUT2D eigenvalue weighted by Crippen LogP contribution is -2.44. The second kappa shape index (κ2) is 8.79. The van der Waals surface area contributed by atoms with Crippen molar-refractivity contribution in [2.45, 2.75) is 31.3 Å². The molecule has 9 heteroatoms. The Morgan fingerprint density at radius 2 is 1.85 bits per heavy atom. The van der Waals surface area contributed by atoms with Crippen molar-refractivity contribution >= 4 is 27.6 Å². The number of amides is 2. The number of hydrogen-bond donors (Lipinski definition) is 2. The Kier molecular flexibility index (Phi) is 6.73. The number of rotatable bonds is 9. The van der Waals surface area contributed by atoms with E-state index in [0.29, 0.717) is 5.56 Å². The number of carbonyl (C=O) groups is 3. The average molecular weight is 382 g/mol. The van der Waals surface area contributed by atoms with Crippen molar-refractivity contribution in [2.24, 2.45) is 0 Å². The summed E-state index contributed by atoms with van der Waals surface area (Å²) < 4.78 is 27.7. The molecule has 0 aromatic heterocycles. The van der Waals surface area contributed by atoms with Crippen LogP contribution in [0.25, 0.3) is 0 Å². The number of esters is 1. The zero-order valence-corrected chi connectivity index (χ0v) is 15.3. The largest absolute Gasteiger partial charge is 0.454 e. The molecule has 1 fully saturated rings. The molecule has 0 saturated heterocycles. The molecule has 0 heterocycles. The van der Waals surface area contributed by atoms with Crippen LogP contribution in [0.1, 0.15) is 29.6 Å². The fraction of sp³-hybridized carbons (Fsp3) is 0.471. The maximum atomic E-state index is 12.2. The van der Waals surface area contributed by atoms with Crippen molar-refractivity contribution in [2.75, 3.05) is 18.6 Å². The smallest absolute Gasteiger partial charge is 0.329 e. The molecule has 142 valence electrons. The van der Waals surface area contributed by atoms with Crippen molar-refractivity contribution in [3.63, 3.8) is 0 Å². The van der Waals surface area contributed by atoms with Gasteiger partial charge in [0.2, 0.25) is 0 Å². The molecule has 1 aromatic carbocycles. The number of hydrogen-bond acceptors (Lipinski definition) is 6. The molecule has 2 rings (SSSR count). The summed E-state index contributed by atoms with van der Waals surface area (Å²) >= 11 is 0. The van der Waals surface area contributed by atoms with E-state index >= 15 is 0 Å². The molecule has 2 N–H and O–H groups in total. The first-order chi connectivity index (χ1) is 12.2. The van der Waals surface area contributed by atoms with Crippen molar-refractivity contribution in [3.8, 4) is 0 Å². The van der Waals surface area contributed by atoms with E-state index in [4.69, 9.17) is 4.74 Å². The van der Waals surface area contributed by atoms with Gasteiger partial charge in [-0.05, 0) is 31.4 Å². The molecule has 0 aliphatic heterocycles. The minimum Gasteiger partial charge on any atom is -0.454 e. The predicted octanol–water partition coefficient (Wildman–Crippen LogP) is 0.0415. The third-order valence-electron chi connectivity index (χ3n) is 3.69. The van der Waals surface area contributed by atoms with E-state index in [9.17, 15) is 22.8 Å². The van der Waals surface area contributed by atoms with Gasteiger partial charge in [0.25, 0.3) is 11.8 Å². The van der Waals surface area contributed by atoms with Gasteiger partial charge in [-0.3, -0.25) is 9.59 Å². The van der Waals surface area contributed by atoms with E-state index in [0.717, 1.165) is 19.1 Å². The van der Waals surface area contributed by atoms with Crippen LogP contribution < -0.4 is 10.6 Å². The number of carbonyl (C=O) groups excluding carboxylic acids is 3. The summed E-state index contributed by atoms with van der Waals surface area (Å²) in [5, 5.41) is 5.14. The molecule has 1 aromatic rings. The lowest BCUT2D eigenvalue weighted by atomic mass is 10.1. The molecule has 0 unspecified atom stereocenters. The highest BCUT2D eigenvalue weighted by molar-refractivity contribution is 7.90. The lowest BCUT2D eigenvalue weighted by molar-refractivity contribution is -0.150. The summed E-state index contributed by atoms with van der Waals surface area (Å²) in [5.41, 5.74) is 0.330. The first-order valence-electron chi connectivity index (χ1n) is 8.24. The van der Waals surface area contributed by atoms with Gasteiger partial charge >= 0.3 is 5.97 Å². The molecule has 1 atom stereocenters. The molecule has 8 nitrogen and oxygen atoms in total. The maximum absolute atomic E-state index is 12.2. The number of ether oxygens (including phenoxy) is 1. The lowest BCUT2D eigenvalue weighted by Gasteiger charge is -2.17. The van der Waals surface area contributed by atoms with Gasteiger partial charge in [-0.15, -0.1) is 0 Å². The molecule has 1 aliphatic carbocycles. The summed E-state index contributed by atoms with van der Waals surface area (Å²) in [5.74, 6) is -2.08. The quantitative estimate of drug-likeness (QED) is 0.582. The van der Waals surface area contributed by atoms with Crippen LogP contribution in [0.2, 0.25) is 0 Å². The van der Waals surface area contributed by atoms with Gasteiger partial charge in [-0.25, -0.2) is 13.2 Å². The van der Waals surface area contributed by atoms with Crippen molar-refractivity contribution in [1.82, 2.24) is 10.6 Å². The standard InChI is InChI=1S/C17H22N2O6S/c1-26(23,24)10-9-14(19-16(21)12-5-3-2-4-6-12)17(22)25-11-15(20)18-13-7-8-13/h2-6,13-14H,7-11H2,1H3,(H,18,20)(H,19,21)/t14-/m0/s1. The number of nitrogens with one attached hydrogen (secondary N) is 2. The fourth-order valence-electron chi connectivity index (χ4n) is 2.15. The summed E-state index contributed by atoms with van der Waals surface area (Å²) in [4.78, 5) is 36.1. The summed E-state index contributed by atoms with van der Waals surface area (Å²) in [6.07, 6.45) is 2.71. The number of sulfone groups is 1. The van der Waals surface area contributed by atoms with Crippen LogP contribution in [0, 0.1) is 0 Å². The van der Waals surface area contributed by atoms with Gasteiger partial charge in [0.15, 0.2) is 6.61 Å². The van der Waals surface area contributed by atoms with Gasteiger partial charge in [0.1, 0.15) is 15.9 Å². The second-order valence-electron chi connectivity index (χ2n) is 6.26. The Morgan fingerprint density at radius 1 is 1.19 bits per heavy atom. The molecule has 1 aliphatic rings. The Bertz CT molecular complexity index is 759.